The van der Waals surface area contributed by atoms with Crippen LogP contribution in [0.25, 0.3) is 5.70 Å². The van der Waals surface area contributed by atoms with Crippen molar-refractivity contribution in [3.05, 3.63) is 58.5 Å². The minimum atomic E-state index is -0.425. The van der Waals surface area contributed by atoms with Gasteiger partial charge in [-0.15, -0.1) is 22.0 Å². The summed E-state index contributed by atoms with van der Waals surface area (Å²) in [5.74, 6) is -0.0987. The molecule has 0 fully saturated rings. The first-order valence-corrected chi connectivity index (χ1v) is 7.13. The third-order valence-corrected chi connectivity index (χ3v) is 3.71. The Morgan fingerprint density at radius 3 is 2.82 bits per heavy atom. The minimum absolute atomic E-state index is 0. The van der Waals surface area contributed by atoms with Crippen molar-refractivity contribution in [3.8, 4) is 11.8 Å². The number of hydrogen-bond donors (Lipinski definition) is 0. The first-order valence-electron chi connectivity index (χ1n) is 6.34. The zero-order valence-electron chi connectivity index (χ0n) is 12.1. The Morgan fingerprint density at radius 1 is 1.50 bits per heavy atom. The molecule has 3 nitrogen and oxygen atoms in total. The molecule has 22 heavy (non-hydrogen) atoms. The molecule has 0 N–H and O–H groups in total. The first kappa shape index (κ1) is 19.1. The zero-order valence-corrected chi connectivity index (χ0v) is 16.5. The van der Waals surface area contributed by atoms with E-state index in [1.165, 1.54) is 6.07 Å². The van der Waals surface area contributed by atoms with Gasteiger partial charge in [0.2, 0.25) is 0 Å². The van der Waals surface area contributed by atoms with Crippen LogP contribution in [0.4, 0.5) is 4.39 Å². The van der Waals surface area contributed by atoms with Crippen LogP contribution in [0.2, 0.25) is 0 Å². The second-order valence-corrected chi connectivity index (χ2v) is 5.12. The number of rotatable bonds is 4. The molecule has 1 aliphatic rings. The van der Waals surface area contributed by atoms with Gasteiger partial charge in [0.25, 0.3) is 0 Å². The Kier molecular flexibility index (Phi) is 7.48. The van der Waals surface area contributed by atoms with Gasteiger partial charge in [0.15, 0.2) is 6.61 Å². The molecule has 0 unspecified atom stereocenters. The molecule has 1 aliphatic heterocycles. The molecular formula is C16H13BrFN2OY-. The van der Waals surface area contributed by atoms with Gasteiger partial charge in [-0.1, -0.05) is 22.3 Å². The number of nitrogens with zero attached hydrogens (tertiary/aromatic N) is 2. The average Bonchev–Trinajstić information content (AvgIpc) is 2.48. The SMILES string of the molecule is C=C1C(Br)=C[C-]=C(c2ccc(OCC#N)cc2F)N1CC.[Y]. The van der Waals surface area contributed by atoms with Crippen LogP contribution in [-0.2, 0) is 32.7 Å². The van der Waals surface area contributed by atoms with Gasteiger partial charge in [-0.3, -0.25) is 0 Å². The first-order chi connectivity index (χ1) is 10.1. The van der Waals surface area contributed by atoms with Crippen molar-refractivity contribution in [1.82, 2.24) is 4.90 Å². The van der Waals surface area contributed by atoms with Gasteiger partial charge in [-0.25, -0.2) is 4.39 Å². The molecular weight excluding hydrogens is 424 g/mol. The van der Waals surface area contributed by atoms with Gasteiger partial charge in [-0.2, -0.15) is 17.4 Å². The predicted octanol–water partition coefficient (Wildman–Crippen LogP) is 4.00. The fourth-order valence-corrected chi connectivity index (χ4v) is 2.35. The van der Waals surface area contributed by atoms with Gasteiger partial charge < -0.3 is 9.64 Å². The monoisotopic (exact) mass is 436 g/mol. The summed E-state index contributed by atoms with van der Waals surface area (Å²) >= 11 is 3.39. The van der Waals surface area contributed by atoms with Crippen LogP contribution in [-0.4, -0.2) is 18.1 Å². The van der Waals surface area contributed by atoms with E-state index < -0.39 is 5.82 Å². The Morgan fingerprint density at radius 2 is 2.23 bits per heavy atom. The van der Waals surface area contributed by atoms with Crippen LogP contribution >= 0.6 is 15.9 Å². The summed E-state index contributed by atoms with van der Waals surface area (Å²) in [6.45, 7) is 6.48. The normalized spacial score (nSPS) is 13.7. The molecule has 111 valence electrons. The van der Waals surface area contributed by atoms with Crippen molar-refractivity contribution in [2.75, 3.05) is 13.2 Å². The third kappa shape index (κ3) is 4.07. The zero-order chi connectivity index (χ0) is 15.4. The number of halogens is 2. The van der Waals surface area contributed by atoms with E-state index >= 15 is 0 Å². The molecule has 0 spiro atoms. The maximum Gasteiger partial charge on any atom is 0.174 e. The maximum atomic E-state index is 14.3. The van der Waals surface area contributed by atoms with Crippen LogP contribution in [0, 0.1) is 23.2 Å². The number of allylic oxidation sites excluding steroid dienone is 3. The van der Waals surface area contributed by atoms with E-state index in [1.807, 2.05) is 17.9 Å². The number of benzene rings is 1. The van der Waals surface area contributed by atoms with E-state index in [4.69, 9.17) is 10.00 Å². The fraction of sp³-hybridized carbons (Fsp3) is 0.188. The molecule has 0 aromatic heterocycles. The Hall–Kier alpha value is -0.956. The smallest absolute Gasteiger partial charge is 0.174 e. The maximum absolute atomic E-state index is 14.3. The fourth-order valence-electron chi connectivity index (χ4n) is 2.02. The van der Waals surface area contributed by atoms with Gasteiger partial charge in [0, 0.05) is 45.3 Å². The number of hydrogen-bond acceptors (Lipinski definition) is 3. The Bertz CT molecular complexity index is 679. The summed E-state index contributed by atoms with van der Waals surface area (Å²) in [7, 11) is 0. The summed E-state index contributed by atoms with van der Waals surface area (Å²) in [6, 6.07) is 6.37. The Balaban J connectivity index is 0.00000242. The molecule has 0 atom stereocenters. The summed E-state index contributed by atoms with van der Waals surface area (Å²) in [5, 5.41) is 8.47. The molecule has 0 aliphatic carbocycles. The second kappa shape index (κ2) is 8.62. The largest absolute Gasteiger partial charge is 0.479 e. The number of ether oxygens (including phenoxy) is 1. The summed E-state index contributed by atoms with van der Waals surface area (Å²) in [4.78, 5) is 1.87. The molecule has 0 saturated carbocycles. The van der Waals surface area contributed by atoms with Crippen molar-refractivity contribution in [3.63, 3.8) is 0 Å². The average molecular weight is 437 g/mol. The summed E-state index contributed by atoms with van der Waals surface area (Å²) in [6.07, 6.45) is 4.79. The van der Waals surface area contributed by atoms with Crippen molar-refractivity contribution in [2.45, 2.75) is 6.92 Å². The van der Waals surface area contributed by atoms with Crippen LogP contribution < -0.4 is 4.74 Å². The molecule has 0 bridgehead atoms. The van der Waals surface area contributed by atoms with E-state index in [0.717, 1.165) is 10.2 Å². The third-order valence-electron chi connectivity index (χ3n) is 3.02. The van der Waals surface area contributed by atoms with Crippen LogP contribution in [0.1, 0.15) is 12.5 Å². The van der Waals surface area contributed by atoms with Gasteiger partial charge >= 0.3 is 0 Å². The predicted molar refractivity (Wildman–Crippen MR) is 82.7 cm³/mol. The van der Waals surface area contributed by atoms with Gasteiger partial charge in [-0.05, 0) is 18.7 Å². The van der Waals surface area contributed by atoms with E-state index in [1.54, 1.807) is 18.2 Å². The van der Waals surface area contributed by atoms with E-state index in [9.17, 15) is 4.39 Å². The number of likely N-dealkylation sites (N-methyl/N-ethyl adjacent to an activating group) is 1. The summed E-state index contributed by atoms with van der Waals surface area (Å²) in [5.41, 5.74) is 1.80. The molecule has 1 radical (unpaired) electrons. The molecule has 1 aromatic rings. The van der Waals surface area contributed by atoms with E-state index in [2.05, 4.69) is 28.6 Å². The topological polar surface area (TPSA) is 36.3 Å². The van der Waals surface area contributed by atoms with Crippen LogP contribution in [0.5, 0.6) is 5.75 Å². The summed E-state index contributed by atoms with van der Waals surface area (Å²) < 4.78 is 20.2. The van der Waals surface area contributed by atoms with Crippen molar-refractivity contribution < 1.29 is 41.8 Å². The number of nitriles is 1. The molecule has 2 rings (SSSR count). The molecule has 6 heteroatoms. The van der Waals surface area contributed by atoms with Crippen molar-refractivity contribution in [2.24, 2.45) is 0 Å². The van der Waals surface area contributed by atoms with Crippen LogP contribution in [0.15, 0.2) is 41.0 Å². The minimum Gasteiger partial charge on any atom is -0.479 e. The molecule has 1 aromatic carbocycles. The van der Waals surface area contributed by atoms with E-state index in [-0.39, 0.29) is 39.3 Å². The molecule has 0 amide bonds. The van der Waals surface area contributed by atoms with Crippen molar-refractivity contribution >= 4 is 21.6 Å². The van der Waals surface area contributed by atoms with E-state index in [0.29, 0.717) is 23.6 Å². The quantitative estimate of drug-likeness (QED) is 0.669. The second-order valence-electron chi connectivity index (χ2n) is 4.26. The van der Waals surface area contributed by atoms with Gasteiger partial charge in [0.05, 0.1) is 5.82 Å². The van der Waals surface area contributed by atoms with Crippen LogP contribution in [0.3, 0.4) is 0 Å². The standard InChI is InChI=1S/C16H13BrFN2O.Y/c1-3-20-11(2)14(17)6-7-16(20)13-5-4-12(10-15(13)18)21-9-8-19;/h4-6,10H,2-3,9H2,1H3;/q-1;. The molecule has 1 heterocycles. The molecule has 0 saturated heterocycles. The van der Waals surface area contributed by atoms with Gasteiger partial charge in [0.1, 0.15) is 11.8 Å². The van der Waals surface area contributed by atoms with Crippen molar-refractivity contribution in [1.29, 1.82) is 5.26 Å². The Labute approximate surface area is 163 Å².